The molecule has 3 aromatic carbocycles. The van der Waals surface area contributed by atoms with Gasteiger partial charge in [0.25, 0.3) is 0 Å². The lowest BCUT2D eigenvalue weighted by Gasteiger charge is -2.08. The van der Waals surface area contributed by atoms with Crippen LogP contribution < -0.4 is 0 Å². The highest BCUT2D eigenvalue weighted by Crippen LogP contribution is 2.35. The molecule has 4 aromatic rings. The maximum atomic E-state index is 13.6. The fourth-order valence-corrected chi connectivity index (χ4v) is 6.52. The van der Waals surface area contributed by atoms with Crippen molar-refractivity contribution in [3.8, 4) is 23.0 Å². The zero-order valence-corrected chi connectivity index (χ0v) is 20.0. The Kier molecular flexibility index (Phi) is 5.91. The Hall–Kier alpha value is -3.54. The molecule has 9 heteroatoms. The fourth-order valence-electron chi connectivity index (χ4n) is 4.46. The maximum absolute atomic E-state index is 13.6. The van der Waals surface area contributed by atoms with Crippen LogP contribution >= 0.6 is 11.6 Å². The summed E-state index contributed by atoms with van der Waals surface area (Å²) >= 11 is 6.45. The Balaban J connectivity index is 1.63. The SMILES string of the molecule is N#Cc1ccc(Cl)c(-c2nn(-c3ccc(F)cc3)c3cc(C(=O)CC4CCS(=O)(=O)C4)ccc23)c1. The molecule has 0 spiro atoms. The Labute approximate surface area is 206 Å². The third-order valence-corrected chi connectivity index (χ3v) is 8.39. The third kappa shape index (κ3) is 4.57. The summed E-state index contributed by atoms with van der Waals surface area (Å²) in [5.41, 5.74) is 3.14. The summed E-state index contributed by atoms with van der Waals surface area (Å²) in [5, 5.41) is 15.2. The number of nitrogens with zero attached hydrogens (tertiary/aromatic N) is 3. The van der Waals surface area contributed by atoms with E-state index in [0.29, 0.717) is 50.4 Å². The van der Waals surface area contributed by atoms with Crippen LogP contribution in [0.15, 0.2) is 60.7 Å². The molecule has 2 heterocycles. The predicted octanol–water partition coefficient (Wildman–Crippen LogP) is 5.36. The predicted molar refractivity (Wildman–Crippen MR) is 132 cm³/mol. The molecule has 1 atom stereocenters. The number of rotatable bonds is 5. The summed E-state index contributed by atoms with van der Waals surface area (Å²) in [5.74, 6) is -0.572. The molecule has 1 unspecified atom stereocenters. The summed E-state index contributed by atoms with van der Waals surface area (Å²) < 4.78 is 38.8. The van der Waals surface area contributed by atoms with Crippen LogP contribution in [0.5, 0.6) is 0 Å². The van der Waals surface area contributed by atoms with E-state index in [1.807, 2.05) is 0 Å². The van der Waals surface area contributed by atoms with E-state index in [1.165, 1.54) is 12.1 Å². The van der Waals surface area contributed by atoms with Crippen LogP contribution in [0.3, 0.4) is 0 Å². The highest BCUT2D eigenvalue weighted by Gasteiger charge is 2.30. The molecular formula is C26H19ClFN3O3S. The van der Waals surface area contributed by atoms with Gasteiger partial charge in [-0.05, 0) is 66.9 Å². The topological polar surface area (TPSA) is 92.8 Å². The van der Waals surface area contributed by atoms with Crippen LogP contribution in [0.1, 0.15) is 28.8 Å². The second kappa shape index (κ2) is 8.91. The lowest BCUT2D eigenvalue weighted by atomic mass is 9.96. The summed E-state index contributed by atoms with van der Waals surface area (Å²) in [6, 6.07) is 18.0. The van der Waals surface area contributed by atoms with Crippen LogP contribution in [0, 0.1) is 23.1 Å². The number of sulfone groups is 1. The highest BCUT2D eigenvalue weighted by atomic mass is 35.5. The zero-order valence-electron chi connectivity index (χ0n) is 18.4. The molecule has 1 aliphatic rings. The summed E-state index contributed by atoms with van der Waals surface area (Å²) in [6.45, 7) is 0. The first-order valence-electron chi connectivity index (χ1n) is 11.0. The van der Waals surface area contributed by atoms with Gasteiger partial charge in [0.05, 0.1) is 39.4 Å². The molecule has 0 bridgehead atoms. The molecule has 1 fully saturated rings. The van der Waals surface area contributed by atoms with E-state index < -0.39 is 15.7 Å². The highest BCUT2D eigenvalue weighted by molar-refractivity contribution is 7.91. The minimum absolute atomic E-state index is 0.0341. The average molecular weight is 508 g/mol. The van der Waals surface area contributed by atoms with Crippen molar-refractivity contribution in [1.82, 2.24) is 9.78 Å². The standard InChI is InChI=1S/C26H19ClFN3O3S/c27-23-8-1-16(14-29)11-22(23)26-21-7-2-18(25(32)12-17-9-10-35(33,34)15-17)13-24(21)31(30-26)20-5-3-19(28)4-6-20/h1-8,11,13,17H,9-10,12,15H2. The number of Topliss-reactive ketones (excluding diaryl/α,β-unsaturated/α-hetero) is 1. The number of fused-ring (bicyclic) bond motifs is 1. The average Bonchev–Trinajstić information content (AvgIpc) is 3.39. The zero-order chi connectivity index (χ0) is 24.7. The van der Waals surface area contributed by atoms with Gasteiger partial charge in [0, 0.05) is 22.9 Å². The van der Waals surface area contributed by atoms with Crippen LogP contribution in [-0.2, 0) is 9.84 Å². The van der Waals surface area contributed by atoms with Gasteiger partial charge in [-0.2, -0.15) is 10.4 Å². The Morgan fingerprint density at radius 1 is 1.14 bits per heavy atom. The molecule has 0 amide bonds. The van der Waals surface area contributed by atoms with Gasteiger partial charge in [0.1, 0.15) is 11.5 Å². The Morgan fingerprint density at radius 3 is 2.60 bits per heavy atom. The van der Waals surface area contributed by atoms with E-state index in [1.54, 1.807) is 53.2 Å². The molecule has 176 valence electrons. The first kappa shape index (κ1) is 23.2. The van der Waals surface area contributed by atoms with E-state index in [2.05, 4.69) is 6.07 Å². The van der Waals surface area contributed by atoms with E-state index in [4.69, 9.17) is 16.7 Å². The van der Waals surface area contributed by atoms with Gasteiger partial charge in [-0.15, -0.1) is 0 Å². The number of aromatic nitrogens is 2. The van der Waals surface area contributed by atoms with Gasteiger partial charge in [0.15, 0.2) is 15.6 Å². The smallest absolute Gasteiger partial charge is 0.163 e. The summed E-state index contributed by atoms with van der Waals surface area (Å²) in [4.78, 5) is 13.0. The molecular weight excluding hydrogens is 489 g/mol. The number of halogens is 2. The number of nitriles is 1. The van der Waals surface area contributed by atoms with E-state index >= 15 is 0 Å². The number of carbonyl (C=O) groups excluding carboxylic acids is 1. The fraction of sp³-hybridized carbons (Fsp3) is 0.192. The molecule has 6 nitrogen and oxygen atoms in total. The quantitative estimate of drug-likeness (QED) is 0.339. The second-order valence-electron chi connectivity index (χ2n) is 8.67. The first-order valence-corrected chi connectivity index (χ1v) is 13.2. The lowest BCUT2D eigenvalue weighted by Crippen LogP contribution is -2.11. The number of hydrogen-bond donors (Lipinski definition) is 0. The monoisotopic (exact) mass is 507 g/mol. The molecule has 0 saturated carbocycles. The van der Waals surface area contributed by atoms with Gasteiger partial charge < -0.3 is 0 Å². The lowest BCUT2D eigenvalue weighted by molar-refractivity contribution is 0.0966. The van der Waals surface area contributed by atoms with E-state index in [9.17, 15) is 22.9 Å². The van der Waals surface area contributed by atoms with Crippen molar-refractivity contribution in [2.45, 2.75) is 12.8 Å². The Morgan fingerprint density at radius 2 is 1.91 bits per heavy atom. The van der Waals surface area contributed by atoms with Gasteiger partial charge in [0.2, 0.25) is 0 Å². The van der Waals surface area contributed by atoms with Crippen molar-refractivity contribution >= 4 is 38.1 Å². The van der Waals surface area contributed by atoms with Gasteiger partial charge in [-0.3, -0.25) is 4.79 Å². The molecule has 0 aliphatic carbocycles. The normalized spacial score (nSPS) is 16.9. The van der Waals surface area contributed by atoms with Gasteiger partial charge in [-0.1, -0.05) is 17.7 Å². The third-order valence-electron chi connectivity index (χ3n) is 6.23. The minimum Gasteiger partial charge on any atom is -0.294 e. The molecule has 5 rings (SSSR count). The number of carbonyl (C=O) groups is 1. The van der Waals surface area contributed by atoms with Crippen molar-refractivity contribution in [3.05, 3.63) is 82.6 Å². The van der Waals surface area contributed by atoms with Crippen LogP contribution in [0.25, 0.3) is 27.8 Å². The number of hydrogen-bond acceptors (Lipinski definition) is 5. The summed E-state index contributed by atoms with van der Waals surface area (Å²) in [6.07, 6.45) is 0.639. The molecule has 35 heavy (non-hydrogen) atoms. The van der Waals surface area contributed by atoms with Crippen molar-refractivity contribution < 1.29 is 17.6 Å². The van der Waals surface area contributed by atoms with Crippen LogP contribution in [0.4, 0.5) is 4.39 Å². The second-order valence-corrected chi connectivity index (χ2v) is 11.3. The first-order chi connectivity index (χ1) is 16.7. The molecule has 0 N–H and O–H groups in total. The van der Waals surface area contributed by atoms with Gasteiger partial charge in [-0.25, -0.2) is 17.5 Å². The minimum atomic E-state index is -3.07. The van der Waals surface area contributed by atoms with E-state index in [0.717, 1.165) is 0 Å². The Bertz CT molecular complexity index is 1620. The molecule has 1 aromatic heterocycles. The van der Waals surface area contributed by atoms with Crippen molar-refractivity contribution in [1.29, 1.82) is 5.26 Å². The van der Waals surface area contributed by atoms with Crippen molar-refractivity contribution in [2.24, 2.45) is 5.92 Å². The number of ketones is 1. The largest absolute Gasteiger partial charge is 0.294 e. The van der Waals surface area contributed by atoms with Crippen LogP contribution in [-0.4, -0.2) is 35.5 Å². The van der Waals surface area contributed by atoms with Crippen molar-refractivity contribution in [2.75, 3.05) is 11.5 Å². The molecule has 0 radical (unpaired) electrons. The van der Waals surface area contributed by atoms with Crippen molar-refractivity contribution in [3.63, 3.8) is 0 Å². The van der Waals surface area contributed by atoms with Gasteiger partial charge >= 0.3 is 0 Å². The van der Waals surface area contributed by atoms with E-state index in [-0.39, 0.29) is 29.6 Å². The molecule has 1 aliphatic heterocycles. The number of benzene rings is 3. The summed E-state index contributed by atoms with van der Waals surface area (Å²) in [7, 11) is -3.07. The molecule has 1 saturated heterocycles. The maximum Gasteiger partial charge on any atom is 0.163 e. The van der Waals surface area contributed by atoms with Crippen LogP contribution in [0.2, 0.25) is 5.02 Å².